The fourth-order valence-corrected chi connectivity index (χ4v) is 7.68. The van der Waals surface area contributed by atoms with Crippen LogP contribution in [0.15, 0.2) is 24.8 Å². The maximum absolute atomic E-state index is 14.2. The number of fused-ring (bicyclic) bond motifs is 8. The second kappa shape index (κ2) is 17.7. The van der Waals surface area contributed by atoms with E-state index in [2.05, 4.69) is 61.7 Å². The molecule has 0 spiro atoms. The van der Waals surface area contributed by atoms with Crippen molar-refractivity contribution in [3.05, 3.63) is 75.4 Å². The lowest BCUT2D eigenvalue weighted by Crippen LogP contribution is -2.25. The summed E-state index contributed by atoms with van der Waals surface area (Å²) in [6.07, 6.45) is 7.51. The van der Waals surface area contributed by atoms with Gasteiger partial charge in [-0.15, -0.1) is 0 Å². The molecular weight excluding hydrogens is 668 g/mol. The highest BCUT2D eigenvalue weighted by Crippen LogP contribution is 2.43. The van der Waals surface area contributed by atoms with Crippen molar-refractivity contribution in [2.75, 3.05) is 26.8 Å². The molecule has 1 amide bonds. The van der Waals surface area contributed by atoms with Crippen molar-refractivity contribution in [1.82, 2.24) is 25.3 Å². The lowest BCUT2D eigenvalue weighted by atomic mass is 9.85. The minimum Gasteiger partial charge on any atom is -0.469 e. The highest BCUT2D eigenvalue weighted by molar-refractivity contribution is 6.06. The number of carbonyl (C=O) groups excluding carboxylic acids is 3. The third-order valence-electron chi connectivity index (χ3n) is 10.8. The molecule has 0 radical (unpaired) electrons. The molecule has 11 nitrogen and oxygen atoms in total. The summed E-state index contributed by atoms with van der Waals surface area (Å²) in [6.45, 7) is 16.3. The molecule has 2 atom stereocenters. The molecule has 5 rings (SSSR count). The molecule has 53 heavy (non-hydrogen) atoms. The van der Waals surface area contributed by atoms with E-state index in [4.69, 9.17) is 25.2 Å². The quantitative estimate of drug-likeness (QED) is 0.0663. The number of methoxy groups -OCH3 is 1. The highest BCUT2D eigenvalue weighted by Gasteiger charge is 2.33. The summed E-state index contributed by atoms with van der Waals surface area (Å²) in [6, 6.07) is 6.15. The molecule has 2 aliphatic heterocycles. The number of aromatic amines is 2. The van der Waals surface area contributed by atoms with Crippen molar-refractivity contribution < 1.29 is 23.9 Å². The Balaban J connectivity index is 1.89. The summed E-state index contributed by atoms with van der Waals surface area (Å²) in [7, 11) is 1.36. The SMILES string of the molecule is C=Cc1c(C)c2cc3nc(c(CC(=O)OC)c4[nH]c(cc5nc(cc1[nH]2)C(C)=C5CC)c(C)c4C(=O)NCCCCCCN)[C@@H](CCCOC=O)[C@@H]3C. The van der Waals surface area contributed by atoms with Crippen molar-refractivity contribution in [3.63, 3.8) is 0 Å². The van der Waals surface area contributed by atoms with Crippen LogP contribution in [0.4, 0.5) is 0 Å². The Bertz CT molecular complexity index is 2070. The van der Waals surface area contributed by atoms with E-state index in [9.17, 15) is 14.4 Å². The summed E-state index contributed by atoms with van der Waals surface area (Å²) < 4.78 is 10.3. The van der Waals surface area contributed by atoms with E-state index in [0.717, 1.165) is 93.6 Å². The van der Waals surface area contributed by atoms with Crippen molar-refractivity contribution in [2.45, 2.75) is 97.8 Å². The molecule has 282 valence electrons. The topological polar surface area (TPSA) is 165 Å². The third kappa shape index (κ3) is 8.30. The summed E-state index contributed by atoms with van der Waals surface area (Å²) in [5.74, 6) is -0.882. The molecule has 11 heteroatoms. The minimum atomic E-state index is -0.448. The highest BCUT2D eigenvalue weighted by atomic mass is 16.5. The Morgan fingerprint density at radius 3 is 2.42 bits per heavy atom. The van der Waals surface area contributed by atoms with Gasteiger partial charge in [0.15, 0.2) is 0 Å². The average molecular weight is 723 g/mol. The number of ether oxygens (including phenoxy) is 2. The van der Waals surface area contributed by atoms with Crippen molar-refractivity contribution in [1.29, 1.82) is 0 Å². The zero-order chi connectivity index (χ0) is 38.2. The first-order valence-corrected chi connectivity index (χ1v) is 18.8. The first kappa shape index (κ1) is 39.2. The van der Waals surface area contributed by atoms with Crippen molar-refractivity contribution >= 4 is 57.6 Å². The Labute approximate surface area is 311 Å². The first-order valence-electron chi connectivity index (χ1n) is 18.8. The smallest absolute Gasteiger partial charge is 0.310 e. The molecule has 5 heterocycles. The van der Waals surface area contributed by atoms with Crippen LogP contribution in [0.5, 0.6) is 0 Å². The standard InChI is InChI=1S/C42H54N6O5/c1-8-28-24(3)32-20-34-26(5)30(15-14-18-53-23-49)40(47-34)31(19-38(50)52-7)41-39(42(51)44-17-13-11-10-12-16-43)27(6)35(48-41)22-37-29(9-2)25(4)33(46-37)21-36(28)45-32/h8,20-23,26,30,45,48H,1,9-19,43H2,2-7H3,(H,44,51)/t26-,30-/m0/s1. The second-order valence-electron chi connectivity index (χ2n) is 14.0. The molecule has 0 aromatic carbocycles. The fraction of sp³-hybridized carbons (Fsp3) is 0.452. The van der Waals surface area contributed by atoms with Gasteiger partial charge >= 0.3 is 5.97 Å². The third-order valence-corrected chi connectivity index (χ3v) is 10.8. The lowest BCUT2D eigenvalue weighted by Gasteiger charge is -2.18. The van der Waals surface area contributed by atoms with E-state index < -0.39 is 5.97 Å². The molecule has 2 aliphatic rings. The molecule has 0 aliphatic carbocycles. The van der Waals surface area contributed by atoms with E-state index in [1.165, 1.54) is 7.11 Å². The van der Waals surface area contributed by atoms with Crippen LogP contribution >= 0.6 is 0 Å². The monoisotopic (exact) mass is 722 g/mol. The van der Waals surface area contributed by atoms with E-state index in [-0.39, 0.29) is 30.8 Å². The van der Waals surface area contributed by atoms with Crippen LogP contribution in [0.25, 0.3) is 39.3 Å². The molecular formula is C42H54N6O5. The van der Waals surface area contributed by atoms with Gasteiger partial charge in [-0.05, 0) is 99.9 Å². The number of allylic oxidation sites excluding steroid dienone is 2. The predicted octanol–water partition coefficient (Wildman–Crippen LogP) is 7.72. The number of aromatic nitrogens is 4. The zero-order valence-corrected chi connectivity index (χ0v) is 32.0. The minimum absolute atomic E-state index is 0.0620. The fourth-order valence-electron chi connectivity index (χ4n) is 7.68. The maximum atomic E-state index is 14.2. The van der Waals surface area contributed by atoms with E-state index in [1.54, 1.807) is 0 Å². The van der Waals surface area contributed by atoms with Crippen LogP contribution in [-0.4, -0.2) is 65.1 Å². The molecule has 3 aromatic rings. The molecule has 0 fully saturated rings. The second-order valence-corrected chi connectivity index (χ2v) is 14.0. The first-order chi connectivity index (χ1) is 25.6. The Morgan fingerprint density at radius 2 is 1.72 bits per heavy atom. The number of rotatable bonds is 16. The summed E-state index contributed by atoms with van der Waals surface area (Å²) in [5.41, 5.74) is 18.0. The lowest BCUT2D eigenvalue weighted by molar-refractivity contribution is -0.139. The van der Waals surface area contributed by atoms with Crippen molar-refractivity contribution in [2.24, 2.45) is 5.73 Å². The zero-order valence-electron chi connectivity index (χ0n) is 32.0. The van der Waals surface area contributed by atoms with Gasteiger partial charge in [-0.2, -0.15) is 0 Å². The number of nitrogens with zero attached hydrogens (tertiary/aromatic N) is 2. The number of nitrogens with one attached hydrogen (secondary N) is 3. The number of esters is 1. The molecule has 0 saturated heterocycles. The number of nitrogens with two attached hydrogens (primary N) is 1. The van der Waals surface area contributed by atoms with E-state index in [1.807, 2.05) is 19.1 Å². The maximum Gasteiger partial charge on any atom is 0.310 e. The summed E-state index contributed by atoms with van der Waals surface area (Å²) in [4.78, 5) is 56.1. The Morgan fingerprint density at radius 1 is 0.981 bits per heavy atom. The van der Waals surface area contributed by atoms with E-state index >= 15 is 0 Å². The molecule has 0 saturated carbocycles. The summed E-state index contributed by atoms with van der Waals surface area (Å²) in [5, 5.41) is 3.15. The van der Waals surface area contributed by atoms with Crippen LogP contribution < -0.4 is 11.1 Å². The summed E-state index contributed by atoms with van der Waals surface area (Å²) >= 11 is 0. The van der Waals surface area contributed by atoms with Gasteiger partial charge in [0.25, 0.3) is 12.4 Å². The molecule has 8 bridgehead atoms. The Kier molecular flexibility index (Phi) is 13.1. The predicted molar refractivity (Wildman–Crippen MR) is 211 cm³/mol. The number of H-pyrrole nitrogens is 2. The van der Waals surface area contributed by atoms with Gasteiger partial charge < -0.3 is 30.5 Å². The number of hydrogen-bond acceptors (Lipinski definition) is 8. The van der Waals surface area contributed by atoms with E-state index in [0.29, 0.717) is 54.7 Å². The largest absolute Gasteiger partial charge is 0.469 e. The molecule has 5 N–H and O–H groups in total. The number of unbranched alkanes of at least 4 members (excludes halogenated alkanes) is 3. The number of amides is 1. The van der Waals surface area contributed by atoms with Crippen LogP contribution in [0, 0.1) is 13.8 Å². The molecule has 3 aromatic heterocycles. The van der Waals surface area contributed by atoms with Crippen LogP contribution in [0.3, 0.4) is 0 Å². The molecule has 0 unspecified atom stereocenters. The number of carbonyl (C=O) groups is 3. The van der Waals surface area contributed by atoms with Crippen LogP contribution in [0.2, 0.25) is 0 Å². The van der Waals surface area contributed by atoms with Gasteiger partial charge in [0.05, 0.1) is 48.3 Å². The number of hydrogen-bond donors (Lipinski definition) is 4. The Hall–Kier alpha value is -5.03. The van der Waals surface area contributed by atoms with Crippen LogP contribution in [0.1, 0.15) is 133 Å². The van der Waals surface area contributed by atoms with Gasteiger partial charge in [-0.3, -0.25) is 19.4 Å². The normalized spacial score (nSPS) is 15.4. The average Bonchev–Trinajstić information content (AvgIpc) is 3.83. The number of aryl methyl sites for hydroxylation is 2. The van der Waals surface area contributed by atoms with Crippen molar-refractivity contribution in [3.8, 4) is 0 Å². The van der Waals surface area contributed by atoms with Gasteiger partial charge in [-0.25, -0.2) is 4.98 Å². The van der Waals surface area contributed by atoms with Gasteiger partial charge in [0, 0.05) is 51.8 Å². The van der Waals surface area contributed by atoms with Gasteiger partial charge in [0.1, 0.15) is 0 Å². The van der Waals surface area contributed by atoms with Gasteiger partial charge in [-0.1, -0.05) is 39.3 Å². The van der Waals surface area contributed by atoms with Gasteiger partial charge in [0.2, 0.25) is 0 Å². The van der Waals surface area contributed by atoms with Crippen LogP contribution in [-0.2, 0) is 25.5 Å².